The molecule has 2 rings (SSSR count). The van der Waals surface area contributed by atoms with E-state index in [1.165, 1.54) is 0 Å². The Balaban J connectivity index is 2.07. The third-order valence-electron chi connectivity index (χ3n) is 2.31. The van der Waals surface area contributed by atoms with Gasteiger partial charge in [-0.15, -0.1) is 0 Å². The summed E-state index contributed by atoms with van der Waals surface area (Å²) in [5.41, 5.74) is 0.946. The molecule has 0 aliphatic carbocycles. The number of benzene rings is 1. The molecule has 1 heterocycles. The van der Waals surface area contributed by atoms with Crippen molar-refractivity contribution in [3.05, 3.63) is 35.1 Å². The summed E-state index contributed by atoms with van der Waals surface area (Å²) in [4.78, 5) is 11.8. The van der Waals surface area contributed by atoms with Crippen molar-refractivity contribution in [1.82, 2.24) is 15.0 Å². The first-order chi connectivity index (χ1) is 9.21. The summed E-state index contributed by atoms with van der Waals surface area (Å²) < 4.78 is 10.6. The number of nitrogens with zero attached hydrogens (tertiary/aromatic N) is 3. The summed E-state index contributed by atoms with van der Waals surface area (Å²) in [6.07, 6.45) is 0. The number of ether oxygens (including phenoxy) is 2. The largest absolute Gasteiger partial charge is 0.497 e. The molecule has 0 radical (unpaired) electrons. The zero-order chi connectivity index (χ0) is 13.7. The lowest BCUT2D eigenvalue weighted by atomic mass is 10.2. The summed E-state index contributed by atoms with van der Waals surface area (Å²) in [6.45, 7) is 0.320. The molecule has 2 aromatic rings. The molecule has 0 aliphatic rings. The van der Waals surface area contributed by atoms with E-state index in [-0.39, 0.29) is 11.3 Å². The first-order valence-electron chi connectivity index (χ1n) is 5.56. The Morgan fingerprint density at radius 2 is 2.11 bits per heavy atom. The van der Waals surface area contributed by atoms with Crippen LogP contribution in [0.1, 0.15) is 5.56 Å². The molecule has 0 atom stereocenters. The second kappa shape index (κ2) is 6.19. The number of rotatable bonds is 5. The van der Waals surface area contributed by atoms with E-state index in [2.05, 4.69) is 20.3 Å². The van der Waals surface area contributed by atoms with Gasteiger partial charge in [0.2, 0.25) is 11.2 Å². The quantitative estimate of drug-likeness (QED) is 0.905. The molecule has 0 saturated carbocycles. The van der Waals surface area contributed by atoms with E-state index in [0.29, 0.717) is 12.6 Å². The molecule has 1 aromatic carbocycles. The van der Waals surface area contributed by atoms with Gasteiger partial charge in [-0.2, -0.15) is 15.0 Å². The predicted octanol–water partition coefficient (Wildman–Crippen LogP) is 2.15. The van der Waals surface area contributed by atoms with Gasteiger partial charge >= 0.3 is 6.01 Å². The van der Waals surface area contributed by atoms with Gasteiger partial charge < -0.3 is 14.8 Å². The lowest BCUT2D eigenvalue weighted by molar-refractivity contribution is 0.279. The molecule has 0 saturated heterocycles. The SMILES string of the molecule is CNc1nc(Cl)nc(OCc2cccc(OC)c2)n1. The molecule has 100 valence electrons. The lowest BCUT2D eigenvalue weighted by Gasteiger charge is -2.07. The Hall–Kier alpha value is -2.08. The van der Waals surface area contributed by atoms with Crippen molar-refractivity contribution in [2.45, 2.75) is 6.61 Å². The van der Waals surface area contributed by atoms with E-state index in [1.807, 2.05) is 24.3 Å². The molecule has 19 heavy (non-hydrogen) atoms. The number of hydrogen-bond acceptors (Lipinski definition) is 6. The summed E-state index contributed by atoms with van der Waals surface area (Å²) in [5, 5.41) is 2.86. The zero-order valence-electron chi connectivity index (χ0n) is 10.6. The van der Waals surface area contributed by atoms with Crippen molar-refractivity contribution >= 4 is 17.5 Å². The van der Waals surface area contributed by atoms with Crippen LogP contribution in [0.5, 0.6) is 11.8 Å². The number of methoxy groups -OCH3 is 1. The highest BCUT2D eigenvalue weighted by molar-refractivity contribution is 6.28. The molecule has 7 heteroatoms. The van der Waals surface area contributed by atoms with Crippen molar-refractivity contribution < 1.29 is 9.47 Å². The number of nitrogens with one attached hydrogen (secondary N) is 1. The van der Waals surface area contributed by atoms with E-state index in [1.54, 1.807) is 14.2 Å². The predicted molar refractivity (Wildman–Crippen MR) is 71.7 cm³/mol. The van der Waals surface area contributed by atoms with Gasteiger partial charge in [0.15, 0.2) is 0 Å². The molecule has 6 nitrogen and oxygen atoms in total. The molecule has 1 aromatic heterocycles. The van der Waals surface area contributed by atoms with E-state index in [4.69, 9.17) is 21.1 Å². The van der Waals surface area contributed by atoms with Gasteiger partial charge in [-0.3, -0.25) is 0 Å². The fourth-order valence-corrected chi connectivity index (χ4v) is 1.57. The van der Waals surface area contributed by atoms with Gasteiger partial charge in [-0.25, -0.2) is 0 Å². The molecule has 0 amide bonds. The van der Waals surface area contributed by atoms with Gasteiger partial charge in [-0.1, -0.05) is 12.1 Å². The van der Waals surface area contributed by atoms with Crippen LogP contribution in [0.25, 0.3) is 0 Å². The average molecular weight is 281 g/mol. The molecular weight excluding hydrogens is 268 g/mol. The minimum atomic E-state index is 0.0833. The fourth-order valence-electron chi connectivity index (χ4n) is 1.42. The first kappa shape index (κ1) is 13.4. The average Bonchev–Trinajstić information content (AvgIpc) is 2.44. The topological polar surface area (TPSA) is 69.2 Å². The van der Waals surface area contributed by atoms with E-state index in [9.17, 15) is 0 Å². The molecule has 0 bridgehead atoms. The van der Waals surface area contributed by atoms with Crippen molar-refractivity contribution in [1.29, 1.82) is 0 Å². The highest BCUT2D eigenvalue weighted by Gasteiger charge is 2.05. The van der Waals surface area contributed by atoms with Crippen molar-refractivity contribution in [3.63, 3.8) is 0 Å². The second-order valence-corrected chi connectivity index (χ2v) is 3.94. The maximum atomic E-state index is 5.76. The number of aromatic nitrogens is 3. The van der Waals surface area contributed by atoms with Gasteiger partial charge in [0, 0.05) is 7.05 Å². The van der Waals surface area contributed by atoms with Crippen molar-refractivity contribution in [2.24, 2.45) is 0 Å². The van der Waals surface area contributed by atoms with Crippen LogP contribution in [0.4, 0.5) is 5.95 Å². The number of anilines is 1. The smallest absolute Gasteiger partial charge is 0.322 e. The Kier molecular flexibility index (Phi) is 4.35. The Labute approximate surface area is 115 Å². The lowest BCUT2D eigenvalue weighted by Crippen LogP contribution is -2.04. The number of hydrogen-bond donors (Lipinski definition) is 1. The molecule has 0 fully saturated rings. The highest BCUT2D eigenvalue weighted by Crippen LogP contribution is 2.15. The van der Waals surface area contributed by atoms with Gasteiger partial charge in [0.25, 0.3) is 0 Å². The minimum Gasteiger partial charge on any atom is -0.497 e. The van der Waals surface area contributed by atoms with Crippen LogP contribution < -0.4 is 14.8 Å². The normalized spacial score (nSPS) is 10.1. The standard InChI is InChI=1S/C12H13ClN4O2/c1-14-11-15-10(13)16-12(17-11)19-7-8-4-3-5-9(6-8)18-2/h3-6H,7H2,1-2H3,(H,14,15,16,17). The van der Waals surface area contributed by atoms with Gasteiger partial charge in [0.05, 0.1) is 7.11 Å². The maximum Gasteiger partial charge on any atom is 0.322 e. The van der Waals surface area contributed by atoms with Gasteiger partial charge in [0.1, 0.15) is 12.4 Å². The minimum absolute atomic E-state index is 0.0833. The first-order valence-corrected chi connectivity index (χ1v) is 5.94. The van der Waals surface area contributed by atoms with Crippen LogP contribution in [0, 0.1) is 0 Å². The van der Waals surface area contributed by atoms with Crippen molar-refractivity contribution in [3.8, 4) is 11.8 Å². The molecule has 0 spiro atoms. The Morgan fingerprint density at radius 3 is 2.84 bits per heavy atom. The van der Waals surface area contributed by atoms with Crippen LogP contribution in [-0.4, -0.2) is 29.1 Å². The molecule has 0 aliphatic heterocycles. The molecular formula is C12H13ClN4O2. The summed E-state index contributed by atoms with van der Waals surface area (Å²) in [6, 6.07) is 7.72. The second-order valence-electron chi connectivity index (χ2n) is 3.60. The van der Waals surface area contributed by atoms with Crippen molar-refractivity contribution in [2.75, 3.05) is 19.5 Å². The van der Waals surface area contributed by atoms with Gasteiger partial charge in [-0.05, 0) is 29.3 Å². The van der Waals surface area contributed by atoms with Crippen LogP contribution in [0.3, 0.4) is 0 Å². The maximum absolute atomic E-state index is 5.76. The third-order valence-corrected chi connectivity index (χ3v) is 2.48. The Bertz CT molecular complexity index is 565. The van der Waals surface area contributed by atoms with E-state index >= 15 is 0 Å². The third kappa shape index (κ3) is 3.69. The molecule has 0 unspecified atom stereocenters. The summed E-state index contributed by atoms with van der Waals surface area (Å²) in [5.74, 6) is 1.13. The van der Waals surface area contributed by atoms with Crippen LogP contribution in [0.15, 0.2) is 24.3 Å². The molecule has 1 N–H and O–H groups in total. The van der Waals surface area contributed by atoms with Crippen LogP contribution in [0.2, 0.25) is 5.28 Å². The van der Waals surface area contributed by atoms with E-state index in [0.717, 1.165) is 11.3 Å². The summed E-state index contributed by atoms with van der Waals surface area (Å²) in [7, 11) is 3.31. The van der Waals surface area contributed by atoms with E-state index < -0.39 is 0 Å². The van der Waals surface area contributed by atoms with Crippen LogP contribution >= 0.6 is 11.6 Å². The fraction of sp³-hybridized carbons (Fsp3) is 0.250. The number of halogens is 1. The zero-order valence-corrected chi connectivity index (χ0v) is 11.3. The van der Waals surface area contributed by atoms with Crippen LogP contribution in [-0.2, 0) is 6.61 Å². The monoisotopic (exact) mass is 280 g/mol. The summed E-state index contributed by atoms with van der Waals surface area (Å²) >= 11 is 5.76. The Morgan fingerprint density at radius 1 is 1.26 bits per heavy atom. The highest BCUT2D eigenvalue weighted by atomic mass is 35.5.